The zero-order valence-electron chi connectivity index (χ0n) is 10.9. The number of nitrogens with zero attached hydrogens (tertiary/aromatic N) is 1. The van der Waals surface area contributed by atoms with Crippen molar-refractivity contribution in [3.63, 3.8) is 0 Å². The Morgan fingerprint density at radius 1 is 1.19 bits per heavy atom. The van der Waals surface area contributed by atoms with Crippen molar-refractivity contribution >= 4 is 40.5 Å². The van der Waals surface area contributed by atoms with Crippen LogP contribution in [0.2, 0.25) is 10.0 Å². The van der Waals surface area contributed by atoms with E-state index in [0.29, 0.717) is 10.7 Å². The summed E-state index contributed by atoms with van der Waals surface area (Å²) in [7, 11) is 0. The Bertz CT molecular complexity index is 732. The van der Waals surface area contributed by atoms with E-state index in [2.05, 4.69) is 5.32 Å². The minimum atomic E-state index is -0.681. The Morgan fingerprint density at radius 3 is 2.52 bits per heavy atom. The van der Waals surface area contributed by atoms with Crippen LogP contribution in [0.25, 0.3) is 0 Å². The Hall–Kier alpha value is -2.11. The summed E-state index contributed by atoms with van der Waals surface area (Å²) in [6.45, 7) is 1.83. The van der Waals surface area contributed by atoms with Gasteiger partial charge < -0.3 is 5.32 Å². The van der Waals surface area contributed by atoms with Gasteiger partial charge in [0.05, 0.1) is 4.92 Å². The van der Waals surface area contributed by atoms with Crippen LogP contribution in [0.1, 0.15) is 15.9 Å². The first-order valence-corrected chi connectivity index (χ1v) is 6.66. The molecule has 0 aromatic heterocycles. The zero-order chi connectivity index (χ0) is 15.6. The van der Waals surface area contributed by atoms with Gasteiger partial charge in [-0.2, -0.15) is 0 Å². The minimum absolute atomic E-state index is 0.0883. The zero-order valence-corrected chi connectivity index (χ0v) is 12.4. The highest BCUT2D eigenvalue weighted by Crippen LogP contribution is 2.29. The fourth-order valence-corrected chi connectivity index (χ4v) is 2.18. The fraction of sp³-hybridized carbons (Fsp3) is 0.0714. The molecule has 7 heteroatoms. The second-order valence-corrected chi connectivity index (χ2v) is 5.13. The predicted molar refractivity (Wildman–Crippen MR) is 82.2 cm³/mol. The lowest BCUT2D eigenvalue weighted by Crippen LogP contribution is -2.14. The van der Waals surface area contributed by atoms with Gasteiger partial charge in [-0.05, 0) is 36.8 Å². The van der Waals surface area contributed by atoms with Crippen LogP contribution in [0.15, 0.2) is 36.4 Å². The maximum absolute atomic E-state index is 12.2. The third-order valence-corrected chi connectivity index (χ3v) is 3.56. The molecule has 108 valence electrons. The summed E-state index contributed by atoms with van der Waals surface area (Å²) in [5.41, 5.74) is 0.785. The first kappa shape index (κ1) is 15.3. The van der Waals surface area contributed by atoms with E-state index in [4.69, 9.17) is 23.2 Å². The van der Waals surface area contributed by atoms with Gasteiger partial charge in [0.2, 0.25) is 0 Å². The van der Waals surface area contributed by atoms with Crippen molar-refractivity contribution in [3.05, 3.63) is 67.7 Å². The molecule has 5 nitrogen and oxygen atoms in total. The molecule has 1 N–H and O–H groups in total. The number of hydrogen-bond donors (Lipinski definition) is 1. The fourth-order valence-electron chi connectivity index (χ4n) is 1.75. The van der Waals surface area contributed by atoms with E-state index in [9.17, 15) is 14.9 Å². The summed E-state index contributed by atoms with van der Waals surface area (Å²) in [5, 5.41) is 14.0. The van der Waals surface area contributed by atoms with Gasteiger partial charge in [0.1, 0.15) is 10.6 Å². The normalized spacial score (nSPS) is 10.2. The summed E-state index contributed by atoms with van der Waals surface area (Å²) in [5.74, 6) is -0.621. The standard InChI is InChI=1S/C14H10Cl2N2O3/c1-8-5-6-9(7-12(8)16)17-14(19)10-3-2-4-11(15)13(10)18(20)21/h2-7H,1H3,(H,17,19). The van der Waals surface area contributed by atoms with Gasteiger partial charge in [0.25, 0.3) is 5.91 Å². The highest BCUT2D eigenvalue weighted by Gasteiger charge is 2.23. The van der Waals surface area contributed by atoms with Crippen molar-refractivity contribution in [1.29, 1.82) is 0 Å². The molecule has 2 aromatic carbocycles. The third-order valence-electron chi connectivity index (χ3n) is 2.84. The van der Waals surface area contributed by atoms with Crippen LogP contribution in [0.4, 0.5) is 11.4 Å². The number of halogens is 2. The molecular formula is C14H10Cl2N2O3. The summed E-state index contributed by atoms with van der Waals surface area (Å²) in [6, 6.07) is 9.16. The number of aryl methyl sites for hydroxylation is 1. The number of benzene rings is 2. The van der Waals surface area contributed by atoms with E-state index in [1.807, 2.05) is 6.92 Å². The van der Waals surface area contributed by atoms with E-state index >= 15 is 0 Å². The van der Waals surface area contributed by atoms with E-state index in [0.717, 1.165) is 5.56 Å². The number of rotatable bonds is 3. The first-order chi connectivity index (χ1) is 9.90. The highest BCUT2D eigenvalue weighted by molar-refractivity contribution is 6.33. The molecule has 2 rings (SSSR count). The van der Waals surface area contributed by atoms with E-state index in [1.165, 1.54) is 18.2 Å². The van der Waals surface area contributed by atoms with Crippen LogP contribution in [0.5, 0.6) is 0 Å². The number of hydrogen-bond acceptors (Lipinski definition) is 3. The molecule has 0 aliphatic heterocycles. The van der Waals surface area contributed by atoms with Gasteiger partial charge in [-0.25, -0.2) is 0 Å². The Balaban J connectivity index is 2.35. The van der Waals surface area contributed by atoms with Crippen LogP contribution < -0.4 is 5.32 Å². The molecular weight excluding hydrogens is 315 g/mol. The van der Waals surface area contributed by atoms with Gasteiger partial charge in [-0.1, -0.05) is 35.3 Å². The molecule has 0 heterocycles. The molecule has 0 radical (unpaired) electrons. The van der Waals surface area contributed by atoms with Crippen LogP contribution in [-0.2, 0) is 0 Å². The maximum Gasteiger partial charge on any atom is 0.300 e. The van der Waals surface area contributed by atoms with Crippen molar-refractivity contribution in [2.45, 2.75) is 6.92 Å². The predicted octanol–water partition coefficient (Wildman–Crippen LogP) is 4.46. The molecule has 2 aromatic rings. The van der Waals surface area contributed by atoms with Crippen molar-refractivity contribution in [2.75, 3.05) is 5.32 Å². The van der Waals surface area contributed by atoms with E-state index in [-0.39, 0.29) is 10.6 Å². The second-order valence-electron chi connectivity index (χ2n) is 4.31. The van der Waals surface area contributed by atoms with Gasteiger partial charge in [0.15, 0.2) is 0 Å². The van der Waals surface area contributed by atoms with Crippen molar-refractivity contribution in [1.82, 2.24) is 0 Å². The lowest BCUT2D eigenvalue weighted by atomic mass is 10.1. The number of nitrogens with one attached hydrogen (secondary N) is 1. The van der Waals surface area contributed by atoms with Gasteiger partial charge in [0, 0.05) is 10.7 Å². The minimum Gasteiger partial charge on any atom is -0.322 e. The SMILES string of the molecule is Cc1ccc(NC(=O)c2cccc(Cl)c2[N+](=O)[O-])cc1Cl. The Morgan fingerprint density at radius 2 is 1.90 bits per heavy atom. The van der Waals surface area contributed by atoms with Gasteiger partial charge in [-0.15, -0.1) is 0 Å². The Kier molecular flexibility index (Phi) is 4.45. The molecule has 0 aliphatic carbocycles. The smallest absolute Gasteiger partial charge is 0.300 e. The summed E-state index contributed by atoms with van der Waals surface area (Å²) in [4.78, 5) is 22.5. The quantitative estimate of drug-likeness (QED) is 0.669. The van der Waals surface area contributed by atoms with Crippen molar-refractivity contribution < 1.29 is 9.72 Å². The molecule has 0 saturated heterocycles. The van der Waals surface area contributed by atoms with E-state index < -0.39 is 16.5 Å². The van der Waals surface area contributed by atoms with Gasteiger partial charge >= 0.3 is 5.69 Å². The molecule has 21 heavy (non-hydrogen) atoms. The number of anilines is 1. The number of carbonyl (C=O) groups is 1. The average Bonchev–Trinajstić information content (AvgIpc) is 2.42. The summed E-state index contributed by atoms with van der Waals surface area (Å²) >= 11 is 11.7. The average molecular weight is 325 g/mol. The molecule has 0 bridgehead atoms. The maximum atomic E-state index is 12.2. The largest absolute Gasteiger partial charge is 0.322 e. The van der Waals surface area contributed by atoms with Crippen LogP contribution >= 0.6 is 23.2 Å². The molecule has 1 amide bonds. The molecule has 0 spiro atoms. The Labute approximate surface area is 130 Å². The monoisotopic (exact) mass is 324 g/mol. The lowest BCUT2D eigenvalue weighted by Gasteiger charge is -2.08. The van der Waals surface area contributed by atoms with Crippen LogP contribution in [-0.4, -0.2) is 10.8 Å². The number of para-hydroxylation sites is 1. The van der Waals surface area contributed by atoms with Crippen LogP contribution in [0, 0.1) is 17.0 Å². The van der Waals surface area contributed by atoms with Gasteiger partial charge in [-0.3, -0.25) is 14.9 Å². The molecule has 0 atom stereocenters. The summed E-state index contributed by atoms with van der Waals surface area (Å²) in [6.07, 6.45) is 0. The topological polar surface area (TPSA) is 72.2 Å². The molecule has 0 saturated carbocycles. The summed E-state index contributed by atoms with van der Waals surface area (Å²) < 4.78 is 0. The van der Waals surface area contributed by atoms with Crippen molar-refractivity contribution in [2.24, 2.45) is 0 Å². The lowest BCUT2D eigenvalue weighted by molar-refractivity contribution is -0.385. The van der Waals surface area contributed by atoms with Crippen LogP contribution in [0.3, 0.4) is 0 Å². The number of nitro groups is 1. The van der Waals surface area contributed by atoms with E-state index in [1.54, 1.807) is 18.2 Å². The number of amides is 1. The highest BCUT2D eigenvalue weighted by atomic mass is 35.5. The first-order valence-electron chi connectivity index (χ1n) is 5.90. The third kappa shape index (κ3) is 3.32. The second kappa shape index (κ2) is 6.11. The number of nitro benzene ring substituents is 1. The van der Waals surface area contributed by atoms with Crippen molar-refractivity contribution in [3.8, 4) is 0 Å². The molecule has 0 fully saturated rings. The number of carbonyl (C=O) groups excluding carboxylic acids is 1. The molecule has 0 unspecified atom stereocenters. The molecule has 0 aliphatic rings.